The number of alkyl halides is 1. The van der Waals surface area contributed by atoms with E-state index in [1.54, 1.807) is 6.92 Å². The number of carbonyl (C=O) groups is 2. The van der Waals surface area contributed by atoms with Crippen LogP contribution < -0.4 is 0 Å². The fourth-order valence-electron chi connectivity index (χ4n) is 7.81. The molecule has 0 saturated heterocycles. The molecule has 9 atom stereocenters. The first-order chi connectivity index (χ1) is 12.0. The van der Waals surface area contributed by atoms with Gasteiger partial charge in [0.05, 0.1) is 6.10 Å². The van der Waals surface area contributed by atoms with Crippen molar-refractivity contribution in [2.75, 3.05) is 0 Å². The van der Waals surface area contributed by atoms with Crippen LogP contribution >= 0.6 is 0 Å². The number of fused-ring (bicyclic) bond motifs is 5. The molecule has 26 heavy (non-hydrogen) atoms. The van der Waals surface area contributed by atoms with E-state index in [-0.39, 0.29) is 53.5 Å². The number of halogens is 1. The Balaban J connectivity index is 1.76. The highest BCUT2D eigenvalue weighted by Crippen LogP contribution is 2.68. The number of ketones is 2. The topological polar surface area (TPSA) is 74.6 Å². The number of hydrogen-bond acceptors (Lipinski definition) is 4. The van der Waals surface area contributed by atoms with E-state index < -0.39 is 23.3 Å². The maximum Gasteiger partial charge on any atom is 0.135 e. The van der Waals surface area contributed by atoms with E-state index in [0.29, 0.717) is 19.3 Å². The van der Waals surface area contributed by atoms with Crippen LogP contribution in [0.25, 0.3) is 0 Å². The maximum absolute atomic E-state index is 15.3. The van der Waals surface area contributed by atoms with Crippen molar-refractivity contribution in [3.8, 4) is 0 Å². The molecule has 5 heteroatoms. The fourth-order valence-corrected chi connectivity index (χ4v) is 7.81. The Hall–Kier alpha value is -0.810. The predicted octanol–water partition coefficient (Wildman–Crippen LogP) is 2.84. The van der Waals surface area contributed by atoms with Crippen LogP contribution in [0.1, 0.15) is 65.7 Å². The predicted molar refractivity (Wildman–Crippen MR) is 94.0 cm³/mol. The molecule has 4 aliphatic rings. The summed E-state index contributed by atoms with van der Waals surface area (Å²) in [7, 11) is 0. The quantitative estimate of drug-likeness (QED) is 0.748. The van der Waals surface area contributed by atoms with E-state index in [2.05, 4.69) is 6.92 Å². The summed E-state index contributed by atoms with van der Waals surface area (Å²) in [5.41, 5.74) is -2.75. The molecule has 0 aromatic carbocycles. The number of hydrogen-bond donors (Lipinski definition) is 2. The van der Waals surface area contributed by atoms with Crippen LogP contribution in [0.15, 0.2) is 0 Å². The van der Waals surface area contributed by atoms with Crippen LogP contribution in [0, 0.1) is 34.5 Å². The molecule has 146 valence electrons. The molecule has 0 radical (unpaired) electrons. The van der Waals surface area contributed by atoms with Crippen molar-refractivity contribution in [1.82, 2.24) is 0 Å². The molecule has 4 rings (SSSR count). The lowest BCUT2D eigenvalue weighted by Crippen LogP contribution is -2.69. The second-order valence-electron chi connectivity index (χ2n) is 10.1. The van der Waals surface area contributed by atoms with E-state index in [0.717, 1.165) is 12.8 Å². The Morgan fingerprint density at radius 3 is 2.62 bits per heavy atom. The number of carbonyl (C=O) groups excluding carboxylic acids is 2. The molecule has 0 heterocycles. The summed E-state index contributed by atoms with van der Waals surface area (Å²) in [6.45, 7) is 5.60. The molecular weight excluding hydrogens is 335 g/mol. The Labute approximate surface area is 154 Å². The first-order valence-electron chi connectivity index (χ1n) is 10.1. The minimum absolute atomic E-state index is 0.0402. The van der Waals surface area contributed by atoms with Gasteiger partial charge in [-0.25, -0.2) is 4.39 Å². The Bertz CT molecular complexity index is 650. The second-order valence-corrected chi connectivity index (χ2v) is 10.1. The molecule has 0 unspecified atom stereocenters. The van der Waals surface area contributed by atoms with Crippen LogP contribution in [0.5, 0.6) is 0 Å². The highest BCUT2D eigenvalue weighted by Gasteiger charge is 2.70. The Kier molecular flexibility index (Phi) is 4.00. The molecule has 0 aromatic heterocycles. The van der Waals surface area contributed by atoms with Gasteiger partial charge in [-0.3, -0.25) is 9.59 Å². The van der Waals surface area contributed by atoms with E-state index in [1.165, 1.54) is 0 Å². The number of aliphatic hydroxyl groups is 2. The summed E-state index contributed by atoms with van der Waals surface area (Å²) in [6, 6.07) is 0. The standard InChI is InChI=1S/C21H31FO4/c1-11(23)14-4-5-15-13-8-17(22)21(26)9-12(24)6-7-20(21,3)18(13)16(25)10-19(14,15)2/h13-18,25-26H,4-10H2,1-3H3/t13-,14+,15-,16-,17+,18+,19+,20+,21-/m0/s1. The fraction of sp³-hybridized carbons (Fsp3) is 0.905. The van der Waals surface area contributed by atoms with E-state index in [9.17, 15) is 19.8 Å². The van der Waals surface area contributed by atoms with Crippen LogP contribution in [0.4, 0.5) is 4.39 Å². The molecule has 4 saturated carbocycles. The number of rotatable bonds is 1. The summed E-state index contributed by atoms with van der Waals surface area (Å²) in [6.07, 6.45) is 0.921. The van der Waals surface area contributed by atoms with Crippen molar-refractivity contribution >= 4 is 11.6 Å². The molecule has 4 aliphatic carbocycles. The summed E-state index contributed by atoms with van der Waals surface area (Å²) in [4.78, 5) is 24.2. The Morgan fingerprint density at radius 2 is 1.96 bits per heavy atom. The average Bonchev–Trinajstić information content (AvgIpc) is 2.87. The smallest absolute Gasteiger partial charge is 0.135 e. The second kappa shape index (κ2) is 5.60. The van der Waals surface area contributed by atoms with Crippen LogP contribution in [-0.4, -0.2) is 39.7 Å². The third kappa shape index (κ3) is 2.13. The van der Waals surface area contributed by atoms with Crippen LogP contribution in [0.3, 0.4) is 0 Å². The van der Waals surface area contributed by atoms with Gasteiger partial charge < -0.3 is 10.2 Å². The number of Topliss-reactive ketones (excluding diaryl/α,β-unsaturated/α-hetero) is 2. The van der Waals surface area contributed by atoms with Crippen molar-refractivity contribution < 1.29 is 24.2 Å². The van der Waals surface area contributed by atoms with Crippen LogP contribution in [0.2, 0.25) is 0 Å². The zero-order chi connectivity index (χ0) is 19.1. The van der Waals surface area contributed by atoms with Gasteiger partial charge in [0.15, 0.2) is 0 Å². The molecule has 0 aromatic rings. The average molecular weight is 366 g/mol. The third-order valence-corrected chi connectivity index (χ3v) is 9.05. The lowest BCUT2D eigenvalue weighted by molar-refractivity contribution is -0.254. The van der Waals surface area contributed by atoms with Crippen molar-refractivity contribution in [2.24, 2.45) is 34.5 Å². The SMILES string of the molecule is CC(=O)[C@H]1CC[C@H]2[C@@H]3C[C@@H](F)[C@@]4(O)CC(=O)CC[C@]4(C)[C@H]3[C@@H](O)C[C@]12C. The van der Waals surface area contributed by atoms with Gasteiger partial charge in [-0.1, -0.05) is 13.8 Å². The summed E-state index contributed by atoms with van der Waals surface area (Å²) < 4.78 is 15.3. The minimum atomic E-state index is -1.67. The lowest BCUT2D eigenvalue weighted by atomic mass is 9.42. The summed E-state index contributed by atoms with van der Waals surface area (Å²) in [5.74, 6) is -0.0410. The van der Waals surface area contributed by atoms with E-state index in [4.69, 9.17) is 0 Å². The molecule has 0 spiro atoms. The van der Waals surface area contributed by atoms with Gasteiger partial charge in [-0.15, -0.1) is 0 Å². The highest BCUT2D eigenvalue weighted by molar-refractivity contribution is 5.81. The van der Waals surface area contributed by atoms with E-state index in [1.807, 2.05) is 6.92 Å². The van der Waals surface area contributed by atoms with Gasteiger partial charge >= 0.3 is 0 Å². The van der Waals surface area contributed by atoms with Crippen molar-refractivity contribution in [2.45, 2.75) is 83.6 Å². The van der Waals surface area contributed by atoms with Gasteiger partial charge in [-0.05, 0) is 62.2 Å². The third-order valence-electron chi connectivity index (χ3n) is 9.05. The van der Waals surface area contributed by atoms with Gasteiger partial charge in [0.1, 0.15) is 23.3 Å². The van der Waals surface area contributed by atoms with Gasteiger partial charge in [-0.2, -0.15) is 0 Å². The minimum Gasteiger partial charge on any atom is -0.393 e. The van der Waals surface area contributed by atoms with E-state index >= 15 is 4.39 Å². The van der Waals surface area contributed by atoms with Crippen molar-refractivity contribution in [3.05, 3.63) is 0 Å². The van der Waals surface area contributed by atoms with Crippen molar-refractivity contribution in [1.29, 1.82) is 0 Å². The van der Waals surface area contributed by atoms with Gasteiger partial charge in [0.25, 0.3) is 0 Å². The molecule has 0 aliphatic heterocycles. The maximum atomic E-state index is 15.3. The molecule has 2 N–H and O–H groups in total. The monoisotopic (exact) mass is 366 g/mol. The largest absolute Gasteiger partial charge is 0.393 e. The number of aliphatic hydroxyl groups excluding tert-OH is 1. The molecule has 4 fully saturated rings. The molecule has 0 amide bonds. The normalized spacial score (nSPS) is 56.5. The first-order valence-corrected chi connectivity index (χ1v) is 10.1. The molecule has 0 bridgehead atoms. The molecular formula is C21H31FO4. The van der Waals surface area contributed by atoms with Gasteiger partial charge in [0.2, 0.25) is 0 Å². The lowest BCUT2D eigenvalue weighted by Gasteiger charge is -2.65. The zero-order valence-corrected chi connectivity index (χ0v) is 16.0. The summed E-state index contributed by atoms with van der Waals surface area (Å²) >= 11 is 0. The van der Waals surface area contributed by atoms with Crippen LogP contribution in [-0.2, 0) is 9.59 Å². The highest BCUT2D eigenvalue weighted by atomic mass is 19.1. The zero-order valence-electron chi connectivity index (χ0n) is 16.0. The van der Waals surface area contributed by atoms with Gasteiger partial charge in [0, 0.05) is 24.2 Å². The Morgan fingerprint density at radius 1 is 1.27 bits per heavy atom. The first kappa shape index (κ1) is 18.5. The van der Waals surface area contributed by atoms with Crippen molar-refractivity contribution in [3.63, 3.8) is 0 Å². The molecule has 4 nitrogen and oxygen atoms in total. The summed E-state index contributed by atoms with van der Waals surface area (Å²) in [5, 5.41) is 22.4.